The molecule has 1 aliphatic carbocycles. The summed E-state index contributed by atoms with van der Waals surface area (Å²) in [6.45, 7) is 15.4. The summed E-state index contributed by atoms with van der Waals surface area (Å²) in [5.74, 6) is 2.10. The van der Waals surface area contributed by atoms with Gasteiger partial charge in [0.25, 0.3) is 0 Å². The maximum absolute atomic E-state index is 4.05. The molecule has 0 amide bonds. The van der Waals surface area contributed by atoms with Crippen molar-refractivity contribution in [1.82, 2.24) is 0 Å². The highest BCUT2D eigenvalue weighted by molar-refractivity contribution is 5.70. The summed E-state index contributed by atoms with van der Waals surface area (Å²) in [7, 11) is 0. The van der Waals surface area contributed by atoms with Crippen LogP contribution in [0.15, 0.2) is 103 Å². The van der Waals surface area contributed by atoms with Crippen molar-refractivity contribution in [2.75, 3.05) is 10.6 Å². The van der Waals surface area contributed by atoms with Crippen LogP contribution >= 0.6 is 0 Å². The first-order chi connectivity index (χ1) is 15.9. The fourth-order valence-electron chi connectivity index (χ4n) is 4.82. The zero-order chi connectivity index (χ0) is 23.8. The summed E-state index contributed by atoms with van der Waals surface area (Å²) in [5, 5.41) is 7.40. The van der Waals surface area contributed by atoms with Crippen LogP contribution in [-0.4, -0.2) is 6.04 Å². The molecule has 0 radical (unpaired) electrons. The largest absolute Gasteiger partial charge is 0.377 e. The summed E-state index contributed by atoms with van der Waals surface area (Å²) in [6.07, 6.45) is 11.7. The minimum atomic E-state index is 0.315. The lowest BCUT2D eigenvalue weighted by Gasteiger charge is -2.41. The molecule has 3 rings (SSSR count). The third-order valence-corrected chi connectivity index (χ3v) is 6.61. The van der Waals surface area contributed by atoms with E-state index < -0.39 is 0 Å². The fraction of sp³-hybridized carbons (Fsp3) is 0.355. The van der Waals surface area contributed by atoms with Gasteiger partial charge in [-0.2, -0.15) is 0 Å². The normalized spacial score (nSPS) is 21.1. The highest BCUT2D eigenvalue weighted by Crippen LogP contribution is 2.42. The summed E-state index contributed by atoms with van der Waals surface area (Å²) >= 11 is 0. The van der Waals surface area contributed by atoms with Crippen molar-refractivity contribution in [2.45, 2.75) is 53.0 Å². The van der Waals surface area contributed by atoms with Crippen LogP contribution in [0, 0.1) is 17.8 Å². The zero-order valence-corrected chi connectivity index (χ0v) is 20.9. The van der Waals surface area contributed by atoms with Gasteiger partial charge in [-0.15, -0.1) is 0 Å². The van der Waals surface area contributed by atoms with Gasteiger partial charge in [0.05, 0.1) is 17.4 Å². The van der Waals surface area contributed by atoms with Crippen LogP contribution in [0.3, 0.4) is 0 Å². The SMILES string of the molecule is C=C(/C=C\C)/C=C\Nc1ccccc1NC1C(C(C)C)=CC(c2ccccc2)CC1C(C)C. The molecule has 174 valence electrons. The quantitative estimate of drug-likeness (QED) is 0.301. The fourth-order valence-corrected chi connectivity index (χ4v) is 4.82. The van der Waals surface area contributed by atoms with Crippen LogP contribution in [0.5, 0.6) is 0 Å². The van der Waals surface area contributed by atoms with Crippen molar-refractivity contribution in [3.8, 4) is 0 Å². The molecule has 0 fully saturated rings. The Morgan fingerprint density at radius 1 is 0.939 bits per heavy atom. The molecule has 0 spiro atoms. The molecule has 2 aromatic carbocycles. The maximum Gasteiger partial charge on any atom is 0.0615 e. The van der Waals surface area contributed by atoms with E-state index in [0.29, 0.717) is 29.7 Å². The standard InChI is InChI=1S/C31H40N2/c1-7-13-24(6)18-19-32-29-16-11-12-17-30(29)33-31-27(22(2)3)20-26(21-28(31)23(4)5)25-14-9-8-10-15-25/h7-20,22-23,26,28,31-33H,6,21H2,1-5H3/b13-7-,19-18-. The second kappa shape index (κ2) is 11.7. The molecule has 3 unspecified atom stereocenters. The van der Waals surface area contributed by atoms with E-state index in [2.05, 4.69) is 106 Å². The lowest BCUT2D eigenvalue weighted by atomic mass is 9.69. The van der Waals surface area contributed by atoms with E-state index in [1.165, 1.54) is 11.1 Å². The minimum absolute atomic E-state index is 0.315. The van der Waals surface area contributed by atoms with E-state index >= 15 is 0 Å². The third kappa shape index (κ3) is 6.51. The third-order valence-electron chi connectivity index (χ3n) is 6.61. The second-order valence-electron chi connectivity index (χ2n) is 9.70. The average Bonchev–Trinajstić information content (AvgIpc) is 2.80. The summed E-state index contributed by atoms with van der Waals surface area (Å²) in [4.78, 5) is 0. The van der Waals surface area contributed by atoms with Crippen LogP contribution in [-0.2, 0) is 0 Å². The van der Waals surface area contributed by atoms with Gasteiger partial charge >= 0.3 is 0 Å². The van der Waals surface area contributed by atoms with Crippen molar-refractivity contribution in [2.24, 2.45) is 17.8 Å². The number of hydrogen-bond donors (Lipinski definition) is 2. The molecule has 0 saturated heterocycles. The summed E-state index contributed by atoms with van der Waals surface area (Å²) in [6, 6.07) is 19.8. The van der Waals surface area contributed by atoms with E-state index in [1.807, 2.05) is 31.4 Å². The first kappa shape index (κ1) is 24.6. The molecule has 2 N–H and O–H groups in total. The highest BCUT2D eigenvalue weighted by Gasteiger charge is 2.35. The van der Waals surface area contributed by atoms with Gasteiger partial charge in [0.15, 0.2) is 0 Å². The van der Waals surface area contributed by atoms with Gasteiger partial charge < -0.3 is 10.6 Å². The van der Waals surface area contributed by atoms with E-state index in [1.54, 1.807) is 0 Å². The Balaban J connectivity index is 1.90. The first-order valence-electron chi connectivity index (χ1n) is 12.3. The molecule has 2 aromatic rings. The number of anilines is 2. The molecule has 0 heterocycles. The van der Waals surface area contributed by atoms with Crippen molar-refractivity contribution < 1.29 is 0 Å². The lowest BCUT2D eigenvalue weighted by molar-refractivity contribution is 0.298. The Morgan fingerprint density at radius 3 is 2.24 bits per heavy atom. The van der Waals surface area contributed by atoms with E-state index in [0.717, 1.165) is 23.4 Å². The molecule has 0 saturated carbocycles. The van der Waals surface area contributed by atoms with E-state index in [9.17, 15) is 0 Å². The smallest absolute Gasteiger partial charge is 0.0615 e. The molecule has 1 aliphatic rings. The highest BCUT2D eigenvalue weighted by atomic mass is 15.0. The Kier molecular flexibility index (Phi) is 8.77. The molecule has 2 heteroatoms. The molecule has 2 nitrogen and oxygen atoms in total. The number of nitrogens with one attached hydrogen (secondary N) is 2. The molecule has 3 atom stereocenters. The number of rotatable bonds is 9. The Morgan fingerprint density at radius 2 is 1.61 bits per heavy atom. The second-order valence-corrected chi connectivity index (χ2v) is 9.70. The first-order valence-corrected chi connectivity index (χ1v) is 12.3. The van der Waals surface area contributed by atoms with Crippen LogP contribution < -0.4 is 10.6 Å². The van der Waals surface area contributed by atoms with Crippen LogP contribution in [0.4, 0.5) is 11.4 Å². The van der Waals surface area contributed by atoms with Gasteiger partial charge in [0, 0.05) is 12.1 Å². The number of allylic oxidation sites excluding steroid dienone is 5. The molecule has 0 aromatic heterocycles. The minimum Gasteiger partial charge on any atom is -0.377 e. The van der Waals surface area contributed by atoms with Crippen LogP contribution in [0.25, 0.3) is 0 Å². The zero-order valence-electron chi connectivity index (χ0n) is 20.9. The van der Waals surface area contributed by atoms with Gasteiger partial charge in [0.1, 0.15) is 0 Å². The number of para-hydroxylation sites is 2. The monoisotopic (exact) mass is 440 g/mol. The predicted octanol–water partition coefficient (Wildman–Crippen LogP) is 8.57. The van der Waals surface area contributed by atoms with Crippen molar-refractivity contribution in [3.05, 3.63) is 108 Å². The molecule has 0 aliphatic heterocycles. The van der Waals surface area contributed by atoms with Crippen LogP contribution in [0.2, 0.25) is 0 Å². The van der Waals surface area contributed by atoms with Crippen molar-refractivity contribution in [3.63, 3.8) is 0 Å². The van der Waals surface area contributed by atoms with Gasteiger partial charge in [-0.25, -0.2) is 0 Å². The average molecular weight is 441 g/mol. The predicted molar refractivity (Wildman–Crippen MR) is 146 cm³/mol. The lowest BCUT2D eigenvalue weighted by Crippen LogP contribution is -2.39. The van der Waals surface area contributed by atoms with Gasteiger partial charge in [-0.1, -0.05) is 95.0 Å². The molecular weight excluding hydrogens is 400 g/mol. The van der Waals surface area contributed by atoms with Crippen molar-refractivity contribution >= 4 is 11.4 Å². The van der Waals surface area contributed by atoms with E-state index in [-0.39, 0.29) is 0 Å². The van der Waals surface area contributed by atoms with Crippen molar-refractivity contribution in [1.29, 1.82) is 0 Å². The topological polar surface area (TPSA) is 24.1 Å². The maximum atomic E-state index is 4.05. The Hall–Kier alpha value is -3.00. The van der Waals surface area contributed by atoms with Crippen LogP contribution in [0.1, 0.15) is 52.5 Å². The van der Waals surface area contributed by atoms with Gasteiger partial charge in [0.2, 0.25) is 0 Å². The molecule has 33 heavy (non-hydrogen) atoms. The summed E-state index contributed by atoms with van der Waals surface area (Å²) in [5.41, 5.74) is 6.13. The molecular formula is C31H40N2. The molecule has 0 bridgehead atoms. The summed E-state index contributed by atoms with van der Waals surface area (Å²) < 4.78 is 0. The Bertz CT molecular complexity index is 995. The number of benzene rings is 2. The van der Waals surface area contributed by atoms with Gasteiger partial charge in [-0.3, -0.25) is 0 Å². The Labute approximate surface area is 201 Å². The number of hydrogen-bond acceptors (Lipinski definition) is 2. The van der Waals surface area contributed by atoms with E-state index in [4.69, 9.17) is 0 Å². The van der Waals surface area contributed by atoms with Gasteiger partial charge in [-0.05, 0) is 66.0 Å².